The topological polar surface area (TPSA) is 126 Å². The van der Waals surface area contributed by atoms with E-state index in [0.29, 0.717) is 5.69 Å². The average Bonchev–Trinajstić information content (AvgIpc) is 2.51. The van der Waals surface area contributed by atoms with Gasteiger partial charge in [0.15, 0.2) is 0 Å². The van der Waals surface area contributed by atoms with Crippen LogP contribution in [0, 0.1) is 5.82 Å². The van der Waals surface area contributed by atoms with Crippen LogP contribution in [0.1, 0.15) is 10.4 Å². The molecule has 2 aromatic carbocycles. The molecule has 0 saturated carbocycles. The molecule has 0 atom stereocenters. The Bertz CT molecular complexity index is 821. The summed E-state index contributed by atoms with van der Waals surface area (Å²) >= 11 is 5.76. The third kappa shape index (κ3) is 4.68. The SMILES string of the molecule is NC(=Nc1ccc(Cl)cc1C(=O)O)/N=C(\N)Nc1ccc(F)cc1. The highest BCUT2D eigenvalue weighted by Crippen LogP contribution is 2.23. The molecule has 124 valence electrons. The Kier molecular flexibility index (Phi) is 5.33. The number of guanidine groups is 2. The zero-order valence-corrected chi connectivity index (χ0v) is 13.0. The molecule has 2 rings (SSSR count). The highest BCUT2D eigenvalue weighted by molar-refractivity contribution is 6.31. The van der Waals surface area contributed by atoms with Crippen molar-refractivity contribution in [2.45, 2.75) is 0 Å². The van der Waals surface area contributed by atoms with E-state index in [9.17, 15) is 9.18 Å². The highest BCUT2D eigenvalue weighted by Gasteiger charge is 2.10. The summed E-state index contributed by atoms with van der Waals surface area (Å²) in [5, 5.41) is 12.1. The van der Waals surface area contributed by atoms with Crippen molar-refractivity contribution in [3.8, 4) is 0 Å². The van der Waals surface area contributed by atoms with Crippen molar-refractivity contribution in [2.24, 2.45) is 21.5 Å². The molecule has 0 radical (unpaired) electrons. The molecular weight excluding hydrogens is 337 g/mol. The van der Waals surface area contributed by atoms with E-state index in [1.807, 2.05) is 0 Å². The summed E-state index contributed by atoms with van der Waals surface area (Å²) in [6.07, 6.45) is 0. The number of nitrogens with zero attached hydrogens (tertiary/aromatic N) is 2. The molecule has 0 heterocycles. The maximum Gasteiger partial charge on any atom is 0.337 e. The van der Waals surface area contributed by atoms with Crippen LogP contribution in [-0.4, -0.2) is 23.0 Å². The number of nitrogens with one attached hydrogen (secondary N) is 1. The molecule has 0 amide bonds. The second kappa shape index (κ2) is 7.42. The van der Waals surface area contributed by atoms with E-state index in [2.05, 4.69) is 15.3 Å². The summed E-state index contributed by atoms with van der Waals surface area (Å²) in [6.45, 7) is 0. The monoisotopic (exact) mass is 349 g/mol. The molecule has 0 bridgehead atoms. The minimum atomic E-state index is -1.20. The van der Waals surface area contributed by atoms with E-state index >= 15 is 0 Å². The normalized spacial score (nSPS) is 12.1. The van der Waals surface area contributed by atoms with Gasteiger partial charge in [0.1, 0.15) is 5.82 Å². The van der Waals surface area contributed by atoms with E-state index in [4.69, 9.17) is 28.2 Å². The Hall–Kier alpha value is -3.13. The first-order valence-electron chi connectivity index (χ1n) is 6.59. The fourth-order valence-electron chi connectivity index (χ4n) is 1.76. The molecule has 2 aromatic rings. The summed E-state index contributed by atoms with van der Waals surface area (Å²) in [5.41, 5.74) is 11.8. The fourth-order valence-corrected chi connectivity index (χ4v) is 1.93. The molecule has 0 aliphatic rings. The molecule has 0 fully saturated rings. The van der Waals surface area contributed by atoms with Crippen molar-refractivity contribution in [3.05, 3.63) is 58.9 Å². The van der Waals surface area contributed by atoms with Gasteiger partial charge in [-0.1, -0.05) is 11.6 Å². The number of hydrogen-bond donors (Lipinski definition) is 4. The van der Waals surface area contributed by atoms with Gasteiger partial charge in [0.05, 0.1) is 11.3 Å². The second-order valence-corrected chi connectivity index (χ2v) is 5.00. The van der Waals surface area contributed by atoms with Crippen LogP contribution >= 0.6 is 11.6 Å². The van der Waals surface area contributed by atoms with Crippen molar-refractivity contribution >= 4 is 40.9 Å². The van der Waals surface area contributed by atoms with Gasteiger partial charge < -0.3 is 21.9 Å². The van der Waals surface area contributed by atoms with Gasteiger partial charge >= 0.3 is 5.97 Å². The lowest BCUT2D eigenvalue weighted by Crippen LogP contribution is -2.26. The van der Waals surface area contributed by atoms with Crippen LogP contribution in [0.15, 0.2) is 52.4 Å². The standard InChI is InChI=1S/C15H13ClFN5O2/c16-8-1-6-12(11(7-8)13(23)24)21-15(19)22-14(18)20-10-4-2-9(17)3-5-10/h1-7H,(H,23,24)(H5,18,19,20,21,22). The smallest absolute Gasteiger partial charge is 0.337 e. The Morgan fingerprint density at radius 2 is 1.83 bits per heavy atom. The lowest BCUT2D eigenvalue weighted by atomic mass is 10.2. The van der Waals surface area contributed by atoms with Crippen LogP contribution in [0.2, 0.25) is 5.02 Å². The molecule has 9 heteroatoms. The third-order valence-corrected chi connectivity index (χ3v) is 3.01. The lowest BCUT2D eigenvalue weighted by Gasteiger charge is -2.05. The van der Waals surface area contributed by atoms with Crippen molar-refractivity contribution in [1.82, 2.24) is 0 Å². The van der Waals surface area contributed by atoms with Crippen LogP contribution in [0.25, 0.3) is 0 Å². The van der Waals surface area contributed by atoms with Crippen molar-refractivity contribution in [3.63, 3.8) is 0 Å². The zero-order chi connectivity index (χ0) is 17.7. The number of anilines is 1. The van der Waals surface area contributed by atoms with Gasteiger partial charge in [-0.15, -0.1) is 0 Å². The van der Waals surface area contributed by atoms with Gasteiger partial charge in [-0.2, -0.15) is 4.99 Å². The maximum atomic E-state index is 12.8. The number of carbonyl (C=O) groups is 1. The molecular formula is C15H13ClFN5O2. The molecule has 7 nitrogen and oxygen atoms in total. The fraction of sp³-hybridized carbons (Fsp3) is 0. The first-order valence-corrected chi connectivity index (χ1v) is 6.96. The maximum absolute atomic E-state index is 12.8. The molecule has 24 heavy (non-hydrogen) atoms. The van der Waals surface area contributed by atoms with Crippen LogP contribution in [0.5, 0.6) is 0 Å². The predicted molar refractivity (Wildman–Crippen MR) is 91.3 cm³/mol. The highest BCUT2D eigenvalue weighted by atomic mass is 35.5. The number of halogens is 2. The summed E-state index contributed by atoms with van der Waals surface area (Å²) in [7, 11) is 0. The number of aliphatic imine (C=N–C) groups is 2. The van der Waals surface area contributed by atoms with Crippen molar-refractivity contribution in [2.75, 3.05) is 5.32 Å². The molecule has 0 aromatic heterocycles. The van der Waals surface area contributed by atoms with Crippen molar-refractivity contribution in [1.29, 1.82) is 0 Å². The van der Waals surface area contributed by atoms with Crippen LogP contribution in [0.3, 0.4) is 0 Å². The molecule has 0 spiro atoms. The third-order valence-electron chi connectivity index (χ3n) is 2.78. The zero-order valence-electron chi connectivity index (χ0n) is 12.2. The molecule has 0 unspecified atom stereocenters. The van der Waals surface area contributed by atoms with Gasteiger partial charge in [-0.25, -0.2) is 14.2 Å². The predicted octanol–water partition coefficient (Wildman–Crippen LogP) is 2.55. The van der Waals surface area contributed by atoms with Crippen LogP contribution < -0.4 is 16.8 Å². The summed E-state index contributed by atoms with van der Waals surface area (Å²) < 4.78 is 12.8. The number of rotatable bonds is 3. The van der Waals surface area contributed by atoms with E-state index in [0.717, 1.165) is 0 Å². The average molecular weight is 350 g/mol. The Labute approximate surface area is 141 Å². The first kappa shape index (κ1) is 17.2. The minimum Gasteiger partial charge on any atom is -0.478 e. The van der Waals surface area contributed by atoms with Gasteiger partial charge in [-0.3, -0.25) is 0 Å². The molecule has 0 saturated heterocycles. The lowest BCUT2D eigenvalue weighted by molar-refractivity contribution is 0.0698. The number of hydrogen-bond acceptors (Lipinski definition) is 2. The Morgan fingerprint density at radius 3 is 2.46 bits per heavy atom. The van der Waals surface area contributed by atoms with E-state index in [1.165, 1.54) is 42.5 Å². The second-order valence-electron chi connectivity index (χ2n) is 4.57. The van der Waals surface area contributed by atoms with E-state index < -0.39 is 5.97 Å². The minimum absolute atomic E-state index is 0.0859. The number of carboxylic acid groups (broad SMARTS) is 1. The summed E-state index contributed by atoms with van der Waals surface area (Å²) in [6, 6.07) is 9.56. The number of nitrogens with two attached hydrogens (primary N) is 2. The number of benzene rings is 2. The Balaban J connectivity index is 2.21. The van der Waals surface area contributed by atoms with Gasteiger partial charge in [-0.05, 0) is 42.5 Å². The largest absolute Gasteiger partial charge is 0.478 e. The first-order chi connectivity index (χ1) is 11.3. The van der Waals surface area contributed by atoms with Crippen LogP contribution in [-0.2, 0) is 0 Å². The van der Waals surface area contributed by atoms with E-state index in [-0.39, 0.29) is 34.0 Å². The van der Waals surface area contributed by atoms with Crippen molar-refractivity contribution < 1.29 is 14.3 Å². The van der Waals surface area contributed by atoms with Gasteiger partial charge in [0.2, 0.25) is 11.9 Å². The van der Waals surface area contributed by atoms with Crippen LogP contribution in [0.4, 0.5) is 15.8 Å². The molecule has 0 aliphatic carbocycles. The summed E-state index contributed by atoms with van der Waals surface area (Å²) in [4.78, 5) is 18.9. The quantitative estimate of drug-likeness (QED) is 0.500. The number of aromatic carboxylic acids is 1. The molecule has 6 N–H and O–H groups in total. The van der Waals surface area contributed by atoms with Gasteiger partial charge in [0, 0.05) is 10.7 Å². The van der Waals surface area contributed by atoms with Gasteiger partial charge in [0.25, 0.3) is 0 Å². The summed E-state index contributed by atoms with van der Waals surface area (Å²) in [5.74, 6) is -1.94. The molecule has 0 aliphatic heterocycles. The number of carboxylic acids is 1. The Morgan fingerprint density at radius 1 is 1.17 bits per heavy atom. The van der Waals surface area contributed by atoms with E-state index in [1.54, 1.807) is 0 Å².